The van der Waals surface area contributed by atoms with Crippen LogP contribution in [-0.4, -0.2) is 20.2 Å². The first-order valence-corrected chi connectivity index (χ1v) is 7.24. The van der Waals surface area contributed by atoms with Crippen molar-refractivity contribution in [3.8, 4) is 0 Å². The molecule has 0 amide bonds. The Kier molecular flexibility index (Phi) is 3.59. The molecular formula is C14H12O5S. The Morgan fingerprint density at radius 3 is 2.55 bits per heavy atom. The molecule has 0 aliphatic heterocycles. The van der Waals surface area contributed by atoms with Gasteiger partial charge in [-0.05, 0) is 24.1 Å². The fourth-order valence-electron chi connectivity index (χ4n) is 1.84. The van der Waals surface area contributed by atoms with Crippen LogP contribution in [0.5, 0.6) is 0 Å². The number of carbonyl (C=O) groups excluding carboxylic acids is 2. The molecule has 1 aromatic rings. The number of ketones is 1. The van der Waals surface area contributed by atoms with E-state index in [0.717, 1.165) is 0 Å². The van der Waals surface area contributed by atoms with Gasteiger partial charge in [-0.1, -0.05) is 36.9 Å². The van der Waals surface area contributed by atoms with Gasteiger partial charge in [0, 0.05) is 5.57 Å². The van der Waals surface area contributed by atoms with Gasteiger partial charge in [0.25, 0.3) is 0 Å². The summed E-state index contributed by atoms with van der Waals surface area (Å²) in [4.78, 5) is 23.3. The van der Waals surface area contributed by atoms with Gasteiger partial charge >= 0.3 is 16.1 Å². The quantitative estimate of drug-likeness (QED) is 0.627. The fraction of sp³-hybridized carbons (Fsp3) is 0.143. The molecule has 0 aromatic heterocycles. The Morgan fingerprint density at radius 1 is 1.25 bits per heavy atom. The highest BCUT2D eigenvalue weighted by atomic mass is 32.2. The molecule has 1 atom stereocenters. The molecule has 20 heavy (non-hydrogen) atoms. The number of benzene rings is 1. The maximum Gasteiger partial charge on any atom is 0.348 e. The highest BCUT2D eigenvalue weighted by Crippen LogP contribution is 2.32. The lowest BCUT2D eigenvalue weighted by atomic mass is 9.96. The van der Waals surface area contributed by atoms with Crippen LogP contribution >= 0.6 is 0 Å². The van der Waals surface area contributed by atoms with Crippen molar-refractivity contribution < 1.29 is 22.2 Å². The summed E-state index contributed by atoms with van der Waals surface area (Å²) in [7, 11) is -4.40. The number of hydrogen-bond acceptors (Lipinski definition) is 5. The predicted molar refractivity (Wildman–Crippen MR) is 73.0 cm³/mol. The minimum absolute atomic E-state index is 0.0549. The summed E-state index contributed by atoms with van der Waals surface area (Å²) in [6, 6.07) is 6.55. The molecule has 0 bridgehead atoms. The summed E-state index contributed by atoms with van der Waals surface area (Å²) in [5.74, 6) is -1.71. The Labute approximate surface area is 116 Å². The second-order valence-corrected chi connectivity index (χ2v) is 6.01. The summed E-state index contributed by atoms with van der Waals surface area (Å²) in [5, 5.41) is -1.52. The van der Waals surface area contributed by atoms with E-state index in [4.69, 9.17) is 0 Å². The van der Waals surface area contributed by atoms with E-state index in [1.807, 2.05) is 0 Å². The molecule has 6 heteroatoms. The monoisotopic (exact) mass is 292 g/mol. The molecule has 1 aromatic carbocycles. The molecule has 0 radical (unpaired) electrons. The van der Waals surface area contributed by atoms with Crippen molar-refractivity contribution in [2.75, 3.05) is 0 Å². The maximum atomic E-state index is 12.1. The van der Waals surface area contributed by atoms with Crippen LogP contribution < -0.4 is 0 Å². The van der Waals surface area contributed by atoms with Crippen LogP contribution in [0.25, 0.3) is 6.08 Å². The Balaban J connectivity index is 2.46. The first-order chi connectivity index (χ1) is 9.33. The van der Waals surface area contributed by atoms with Gasteiger partial charge in [-0.15, -0.1) is 0 Å². The van der Waals surface area contributed by atoms with Crippen molar-refractivity contribution in [2.45, 2.75) is 12.2 Å². The van der Waals surface area contributed by atoms with Crippen LogP contribution in [-0.2, 0) is 23.9 Å². The van der Waals surface area contributed by atoms with Gasteiger partial charge in [-0.25, -0.2) is 4.79 Å². The van der Waals surface area contributed by atoms with E-state index in [9.17, 15) is 18.0 Å². The lowest BCUT2D eigenvalue weighted by Gasteiger charge is -2.19. The van der Waals surface area contributed by atoms with Crippen molar-refractivity contribution in [2.24, 2.45) is 0 Å². The van der Waals surface area contributed by atoms with E-state index in [1.165, 1.54) is 25.1 Å². The zero-order valence-corrected chi connectivity index (χ0v) is 11.5. The van der Waals surface area contributed by atoms with Gasteiger partial charge in [0.05, 0.1) is 0 Å². The lowest BCUT2D eigenvalue weighted by molar-refractivity contribution is -0.129. The molecule has 0 fully saturated rings. The number of hydrogen-bond donors (Lipinski definition) is 0. The fourth-order valence-corrected chi connectivity index (χ4v) is 3.17. The summed E-state index contributed by atoms with van der Waals surface area (Å²) in [6.45, 7) is 4.64. The lowest BCUT2D eigenvalue weighted by Crippen LogP contribution is -2.27. The van der Waals surface area contributed by atoms with Crippen LogP contribution in [0, 0.1) is 0 Å². The molecule has 0 heterocycles. The zero-order valence-electron chi connectivity index (χ0n) is 10.7. The highest BCUT2D eigenvalue weighted by molar-refractivity contribution is 7.88. The first kappa shape index (κ1) is 14.2. The predicted octanol–water partition coefficient (Wildman–Crippen LogP) is 1.77. The van der Waals surface area contributed by atoms with Gasteiger partial charge in [-0.3, -0.25) is 4.79 Å². The zero-order chi connectivity index (χ0) is 14.9. The minimum atomic E-state index is -4.40. The van der Waals surface area contributed by atoms with E-state index >= 15 is 0 Å². The summed E-state index contributed by atoms with van der Waals surface area (Å²) in [6.07, 6.45) is 2.70. The summed E-state index contributed by atoms with van der Waals surface area (Å²) < 4.78 is 28.7. The molecule has 104 valence electrons. The second-order valence-electron chi connectivity index (χ2n) is 4.39. The van der Waals surface area contributed by atoms with Crippen molar-refractivity contribution in [3.05, 3.63) is 53.6 Å². The van der Waals surface area contributed by atoms with Crippen LogP contribution in [0.3, 0.4) is 0 Å². The van der Waals surface area contributed by atoms with Crippen LogP contribution in [0.2, 0.25) is 0 Å². The van der Waals surface area contributed by atoms with Crippen LogP contribution in [0.1, 0.15) is 23.3 Å². The van der Waals surface area contributed by atoms with Crippen molar-refractivity contribution in [1.82, 2.24) is 0 Å². The SMILES string of the molecule is C=C(C)C(=O)OS(=O)(=O)C1C(=O)C=Cc2ccccc21. The van der Waals surface area contributed by atoms with Crippen molar-refractivity contribution in [1.29, 1.82) is 0 Å². The molecule has 1 aliphatic carbocycles. The number of carbonyl (C=O) groups is 2. The molecular weight excluding hydrogens is 280 g/mol. The van der Waals surface area contributed by atoms with Gasteiger partial charge in [-0.2, -0.15) is 8.42 Å². The summed E-state index contributed by atoms with van der Waals surface area (Å²) in [5.41, 5.74) is 0.849. The molecule has 1 aliphatic rings. The second kappa shape index (κ2) is 5.05. The van der Waals surface area contributed by atoms with Gasteiger partial charge in [0.15, 0.2) is 11.0 Å². The third-order valence-corrected chi connectivity index (χ3v) is 4.24. The van der Waals surface area contributed by atoms with E-state index in [2.05, 4.69) is 10.8 Å². The number of fused-ring (bicyclic) bond motifs is 1. The molecule has 0 saturated carbocycles. The molecule has 0 spiro atoms. The third-order valence-electron chi connectivity index (χ3n) is 2.79. The van der Waals surface area contributed by atoms with E-state index in [0.29, 0.717) is 11.1 Å². The molecule has 2 rings (SSSR count). The molecule has 0 N–H and O–H groups in total. The normalized spacial score (nSPS) is 17.4. The standard InChI is InChI=1S/C14H12O5S/c1-9(2)14(16)19-20(17,18)13-11-6-4-3-5-10(11)7-8-12(13)15/h3-8,13H,1H2,2H3. The topological polar surface area (TPSA) is 77.5 Å². The smallest absolute Gasteiger partial charge is 0.341 e. The Hall–Kier alpha value is -2.21. The van der Waals surface area contributed by atoms with Crippen molar-refractivity contribution in [3.63, 3.8) is 0 Å². The maximum absolute atomic E-state index is 12.1. The molecule has 5 nitrogen and oxygen atoms in total. The Morgan fingerprint density at radius 2 is 1.90 bits per heavy atom. The summed E-state index contributed by atoms with van der Waals surface area (Å²) >= 11 is 0. The first-order valence-electron chi connectivity index (χ1n) is 5.77. The average Bonchev–Trinajstić information content (AvgIpc) is 2.37. The third kappa shape index (κ3) is 2.55. The largest absolute Gasteiger partial charge is 0.348 e. The Bertz CT molecular complexity index is 728. The van der Waals surface area contributed by atoms with E-state index in [1.54, 1.807) is 18.2 Å². The van der Waals surface area contributed by atoms with Gasteiger partial charge < -0.3 is 4.18 Å². The minimum Gasteiger partial charge on any atom is -0.341 e. The number of rotatable bonds is 3. The highest BCUT2D eigenvalue weighted by Gasteiger charge is 2.38. The van der Waals surface area contributed by atoms with Crippen LogP contribution in [0.15, 0.2) is 42.5 Å². The number of allylic oxidation sites excluding steroid dienone is 1. The van der Waals surface area contributed by atoms with E-state index < -0.39 is 27.1 Å². The average molecular weight is 292 g/mol. The van der Waals surface area contributed by atoms with Gasteiger partial charge in [0.1, 0.15) is 0 Å². The molecule has 1 unspecified atom stereocenters. The van der Waals surface area contributed by atoms with E-state index in [-0.39, 0.29) is 5.57 Å². The molecule has 0 saturated heterocycles. The van der Waals surface area contributed by atoms with Gasteiger partial charge in [0.2, 0.25) is 0 Å². The van der Waals surface area contributed by atoms with Crippen LogP contribution in [0.4, 0.5) is 0 Å². The van der Waals surface area contributed by atoms with Crippen molar-refractivity contribution >= 4 is 27.9 Å².